The van der Waals surface area contributed by atoms with E-state index in [2.05, 4.69) is 21.2 Å². The average Bonchev–Trinajstić information content (AvgIpc) is 2.33. The molecule has 1 aromatic carbocycles. The van der Waals surface area contributed by atoms with Gasteiger partial charge in [-0.25, -0.2) is 0 Å². The molecule has 1 unspecified atom stereocenters. The first-order chi connectivity index (χ1) is 8.43. The number of hydrogen-bond donors (Lipinski definition) is 2. The fraction of sp³-hybridized carbons (Fsp3) is 0.462. The minimum Gasteiger partial charge on any atom is -0.330 e. The Bertz CT molecular complexity index is 437. The quantitative estimate of drug-likeness (QED) is 0.862. The van der Waals surface area contributed by atoms with Crippen LogP contribution in [-0.2, 0) is 4.79 Å². The first kappa shape index (κ1) is 15.5. The molecule has 0 saturated heterocycles. The third-order valence-electron chi connectivity index (χ3n) is 2.79. The Morgan fingerprint density at radius 3 is 2.83 bits per heavy atom. The summed E-state index contributed by atoms with van der Waals surface area (Å²) in [6.45, 7) is 4.56. The molecule has 18 heavy (non-hydrogen) atoms. The van der Waals surface area contributed by atoms with Crippen LogP contribution in [0.1, 0.15) is 25.3 Å². The Balaban J connectivity index is 2.62. The molecule has 100 valence electrons. The van der Waals surface area contributed by atoms with Crippen LogP contribution >= 0.6 is 27.5 Å². The van der Waals surface area contributed by atoms with Gasteiger partial charge in [-0.1, -0.05) is 18.5 Å². The van der Waals surface area contributed by atoms with Crippen LogP contribution in [0.5, 0.6) is 0 Å². The molecule has 1 aromatic rings. The summed E-state index contributed by atoms with van der Waals surface area (Å²) < 4.78 is 0.838. The van der Waals surface area contributed by atoms with Crippen molar-refractivity contribution in [2.45, 2.75) is 26.7 Å². The van der Waals surface area contributed by atoms with Crippen LogP contribution in [0.3, 0.4) is 0 Å². The number of rotatable bonds is 5. The molecule has 0 radical (unpaired) electrons. The monoisotopic (exact) mass is 332 g/mol. The molecule has 0 aliphatic carbocycles. The number of carbonyl (C=O) groups is 1. The van der Waals surface area contributed by atoms with Gasteiger partial charge in [0.1, 0.15) is 0 Å². The molecule has 0 fully saturated rings. The molecule has 1 rings (SSSR count). The maximum absolute atomic E-state index is 11.8. The molecule has 0 bridgehead atoms. The van der Waals surface area contributed by atoms with Crippen LogP contribution in [0, 0.1) is 12.8 Å². The van der Waals surface area contributed by atoms with Crippen molar-refractivity contribution in [1.82, 2.24) is 0 Å². The standard InChI is InChI=1S/C13H18BrClN2O/c1-8(7-16)3-4-13(18)17-12-6-11(15)9(2)5-10(12)14/h5-6,8H,3-4,7,16H2,1-2H3,(H,17,18). The fourth-order valence-corrected chi connectivity index (χ4v) is 2.17. The number of nitrogens with one attached hydrogen (secondary N) is 1. The summed E-state index contributed by atoms with van der Waals surface area (Å²) in [6.07, 6.45) is 1.26. The first-order valence-corrected chi connectivity index (χ1v) is 7.06. The second-order valence-corrected chi connectivity index (χ2v) is 5.77. The molecule has 0 aliphatic heterocycles. The lowest BCUT2D eigenvalue weighted by Gasteiger charge is -2.11. The summed E-state index contributed by atoms with van der Waals surface area (Å²) in [7, 11) is 0. The maximum Gasteiger partial charge on any atom is 0.224 e. The molecule has 0 spiro atoms. The van der Waals surface area contributed by atoms with E-state index in [0.717, 1.165) is 16.5 Å². The van der Waals surface area contributed by atoms with E-state index in [0.29, 0.717) is 29.6 Å². The number of amides is 1. The molecule has 5 heteroatoms. The van der Waals surface area contributed by atoms with Gasteiger partial charge in [0, 0.05) is 15.9 Å². The van der Waals surface area contributed by atoms with E-state index in [1.807, 2.05) is 19.9 Å². The molecule has 3 nitrogen and oxygen atoms in total. The highest BCUT2D eigenvalue weighted by Gasteiger charge is 2.09. The van der Waals surface area contributed by atoms with E-state index in [9.17, 15) is 4.79 Å². The van der Waals surface area contributed by atoms with Gasteiger partial charge in [0.05, 0.1) is 5.69 Å². The Hall–Kier alpha value is -0.580. The van der Waals surface area contributed by atoms with Gasteiger partial charge < -0.3 is 11.1 Å². The largest absolute Gasteiger partial charge is 0.330 e. The van der Waals surface area contributed by atoms with Crippen LogP contribution in [0.4, 0.5) is 5.69 Å². The number of nitrogens with two attached hydrogens (primary N) is 1. The van der Waals surface area contributed by atoms with Crippen molar-refractivity contribution < 1.29 is 4.79 Å². The normalized spacial score (nSPS) is 12.3. The van der Waals surface area contributed by atoms with Crippen molar-refractivity contribution in [2.75, 3.05) is 11.9 Å². The number of aryl methyl sites for hydroxylation is 1. The average molecular weight is 334 g/mol. The number of benzene rings is 1. The lowest BCUT2D eigenvalue weighted by Crippen LogP contribution is -2.16. The van der Waals surface area contributed by atoms with E-state index in [1.165, 1.54) is 0 Å². The first-order valence-electron chi connectivity index (χ1n) is 5.89. The summed E-state index contributed by atoms with van der Waals surface area (Å²) in [4.78, 5) is 11.8. The maximum atomic E-state index is 11.8. The zero-order valence-electron chi connectivity index (χ0n) is 10.6. The molecular formula is C13H18BrClN2O. The summed E-state index contributed by atoms with van der Waals surface area (Å²) >= 11 is 9.44. The van der Waals surface area contributed by atoms with Gasteiger partial charge in [-0.05, 0) is 59.4 Å². The van der Waals surface area contributed by atoms with Crippen molar-refractivity contribution in [3.63, 3.8) is 0 Å². The Kier molecular flexibility index (Phi) is 6.12. The van der Waals surface area contributed by atoms with Crippen molar-refractivity contribution >= 4 is 39.1 Å². The molecule has 0 saturated carbocycles. The number of anilines is 1. The van der Waals surface area contributed by atoms with Gasteiger partial charge in [-0.2, -0.15) is 0 Å². The zero-order chi connectivity index (χ0) is 13.7. The lowest BCUT2D eigenvalue weighted by molar-refractivity contribution is -0.116. The van der Waals surface area contributed by atoms with E-state index in [1.54, 1.807) is 6.07 Å². The predicted octanol–water partition coefficient (Wildman–Crippen LogP) is 3.72. The second kappa shape index (κ2) is 7.12. The van der Waals surface area contributed by atoms with Gasteiger partial charge in [-0.15, -0.1) is 0 Å². The highest BCUT2D eigenvalue weighted by molar-refractivity contribution is 9.10. The molecule has 0 heterocycles. The van der Waals surface area contributed by atoms with E-state index in [4.69, 9.17) is 17.3 Å². The van der Waals surface area contributed by atoms with E-state index >= 15 is 0 Å². The highest BCUT2D eigenvalue weighted by Crippen LogP contribution is 2.29. The van der Waals surface area contributed by atoms with Gasteiger partial charge in [0.15, 0.2) is 0 Å². The summed E-state index contributed by atoms with van der Waals surface area (Å²) in [5.74, 6) is 0.344. The smallest absolute Gasteiger partial charge is 0.224 e. The van der Waals surface area contributed by atoms with E-state index < -0.39 is 0 Å². The van der Waals surface area contributed by atoms with Crippen molar-refractivity contribution in [2.24, 2.45) is 11.7 Å². The van der Waals surface area contributed by atoms with Gasteiger partial charge in [0.25, 0.3) is 0 Å². The Labute approximate surface area is 121 Å². The van der Waals surface area contributed by atoms with E-state index in [-0.39, 0.29) is 5.91 Å². The van der Waals surface area contributed by atoms with Gasteiger partial charge in [0.2, 0.25) is 5.91 Å². The highest BCUT2D eigenvalue weighted by atomic mass is 79.9. The molecule has 0 aromatic heterocycles. The van der Waals surface area contributed by atoms with Crippen LogP contribution in [0.15, 0.2) is 16.6 Å². The number of halogens is 2. The van der Waals surface area contributed by atoms with Crippen LogP contribution in [0.25, 0.3) is 0 Å². The van der Waals surface area contributed by atoms with Gasteiger partial charge in [-0.3, -0.25) is 4.79 Å². The third-order valence-corrected chi connectivity index (χ3v) is 3.85. The van der Waals surface area contributed by atoms with Crippen molar-refractivity contribution in [1.29, 1.82) is 0 Å². The minimum atomic E-state index is -0.0177. The minimum absolute atomic E-state index is 0.0177. The van der Waals surface area contributed by atoms with Crippen LogP contribution < -0.4 is 11.1 Å². The molecular weight excluding hydrogens is 316 g/mol. The molecule has 1 atom stereocenters. The predicted molar refractivity (Wildman–Crippen MR) is 80.0 cm³/mol. The lowest BCUT2D eigenvalue weighted by atomic mass is 10.1. The SMILES string of the molecule is Cc1cc(Br)c(NC(=O)CCC(C)CN)cc1Cl. The Morgan fingerprint density at radius 2 is 2.22 bits per heavy atom. The molecule has 0 aliphatic rings. The Morgan fingerprint density at radius 1 is 1.56 bits per heavy atom. The summed E-state index contributed by atoms with van der Waals surface area (Å²) in [6, 6.07) is 3.64. The molecule has 3 N–H and O–H groups in total. The van der Waals surface area contributed by atoms with Crippen LogP contribution in [0.2, 0.25) is 5.02 Å². The second-order valence-electron chi connectivity index (χ2n) is 4.51. The third kappa shape index (κ3) is 4.59. The van der Waals surface area contributed by atoms with Crippen molar-refractivity contribution in [3.8, 4) is 0 Å². The fourth-order valence-electron chi connectivity index (χ4n) is 1.45. The molecule has 1 amide bonds. The van der Waals surface area contributed by atoms with Gasteiger partial charge >= 0.3 is 0 Å². The van der Waals surface area contributed by atoms with Crippen molar-refractivity contribution in [3.05, 3.63) is 27.2 Å². The number of carbonyl (C=O) groups excluding carboxylic acids is 1. The topological polar surface area (TPSA) is 55.1 Å². The van der Waals surface area contributed by atoms with Crippen LogP contribution in [-0.4, -0.2) is 12.5 Å². The summed E-state index contributed by atoms with van der Waals surface area (Å²) in [5, 5.41) is 3.49. The number of hydrogen-bond acceptors (Lipinski definition) is 2. The summed E-state index contributed by atoms with van der Waals surface area (Å²) in [5.41, 5.74) is 7.19. The zero-order valence-corrected chi connectivity index (χ0v) is 12.9.